The molecule has 10 radical (unpaired) electrons. The first kappa shape index (κ1) is 20.6. The third-order valence-electron chi connectivity index (χ3n) is 3.87. The van der Waals surface area contributed by atoms with Gasteiger partial charge in [0.15, 0.2) is 0 Å². The van der Waals surface area contributed by atoms with E-state index < -0.39 is 0 Å². The minimum absolute atomic E-state index is 0. The van der Waals surface area contributed by atoms with E-state index in [0.717, 1.165) is 17.2 Å². The van der Waals surface area contributed by atoms with Crippen molar-refractivity contribution in [2.45, 2.75) is 12.3 Å². The standard InChI is InChI=1S/C16H13ClNO.C5H5.Fe/c17-14-7-5-11(6-8-14)13-9-15(18-16(19)10-13)12-3-1-2-4-12;1-2-4-5-3-1;/h1-9,13H,10H2,(H,18,19);1-5H;/q;;+2. The Hall–Kier alpha value is -0.761. The zero-order valence-corrected chi connectivity index (χ0v) is 15.4. The second-order valence-electron chi connectivity index (χ2n) is 5.63. The van der Waals surface area contributed by atoms with Gasteiger partial charge in [0, 0.05) is 29.0 Å². The van der Waals surface area contributed by atoms with E-state index in [4.69, 9.17) is 11.6 Å². The van der Waals surface area contributed by atoms with Gasteiger partial charge >= 0.3 is 17.1 Å². The number of hydrogen-bond donors (Lipinski definition) is 1. The molecule has 2 fully saturated rings. The zero-order valence-electron chi connectivity index (χ0n) is 13.5. The van der Waals surface area contributed by atoms with E-state index in [0.29, 0.717) is 11.4 Å². The summed E-state index contributed by atoms with van der Waals surface area (Å²) in [5.74, 6) is 1.21. The topological polar surface area (TPSA) is 29.1 Å². The quantitative estimate of drug-likeness (QED) is 0.750. The van der Waals surface area contributed by atoms with Crippen LogP contribution in [0.15, 0.2) is 36.0 Å². The predicted octanol–water partition coefficient (Wildman–Crippen LogP) is 4.25. The van der Waals surface area contributed by atoms with Crippen LogP contribution in [0.2, 0.25) is 5.02 Å². The molecule has 1 N–H and O–H groups in total. The van der Waals surface area contributed by atoms with Crippen LogP contribution in [0, 0.1) is 63.7 Å². The van der Waals surface area contributed by atoms with Crippen molar-refractivity contribution in [1.29, 1.82) is 0 Å². The van der Waals surface area contributed by atoms with Crippen LogP contribution in [-0.4, -0.2) is 5.91 Å². The maximum absolute atomic E-state index is 11.8. The van der Waals surface area contributed by atoms with Gasteiger partial charge < -0.3 is 5.32 Å². The summed E-state index contributed by atoms with van der Waals surface area (Å²) < 4.78 is 0. The molecule has 1 atom stereocenters. The number of hydrogen-bond acceptors (Lipinski definition) is 1. The third kappa shape index (κ3) is 6.16. The SMILES string of the molecule is O=C1CC(c2ccc(Cl)cc2)C=C([C]2[CH][CH][CH][CH]2)N1.[CH]1[CH][CH][CH][CH]1.[Fe+2]. The molecule has 1 amide bonds. The molecule has 1 unspecified atom stereocenters. The maximum atomic E-state index is 11.8. The number of benzene rings is 1. The number of amides is 1. The van der Waals surface area contributed by atoms with Crippen LogP contribution >= 0.6 is 11.6 Å². The minimum Gasteiger partial charge on any atom is -0.329 e. The van der Waals surface area contributed by atoms with Crippen LogP contribution < -0.4 is 5.32 Å². The normalized spacial score (nSPS) is 23.2. The number of rotatable bonds is 2. The smallest absolute Gasteiger partial charge is 0.329 e. The average Bonchev–Trinajstić information content (AvgIpc) is 3.31. The fourth-order valence-corrected chi connectivity index (χ4v) is 2.80. The summed E-state index contributed by atoms with van der Waals surface area (Å²) >= 11 is 5.89. The van der Waals surface area contributed by atoms with Gasteiger partial charge in [-0.15, -0.1) is 0 Å². The molecule has 0 bridgehead atoms. The van der Waals surface area contributed by atoms with Crippen LogP contribution in [-0.2, 0) is 21.9 Å². The zero-order chi connectivity index (χ0) is 16.8. The van der Waals surface area contributed by atoms with Crippen LogP contribution in [0.3, 0.4) is 0 Å². The molecule has 25 heavy (non-hydrogen) atoms. The fourth-order valence-electron chi connectivity index (χ4n) is 2.67. The van der Waals surface area contributed by atoms with Crippen molar-refractivity contribution in [2.24, 2.45) is 0 Å². The summed E-state index contributed by atoms with van der Waals surface area (Å²) in [6.45, 7) is 0. The summed E-state index contributed by atoms with van der Waals surface area (Å²) in [4.78, 5) is 11.8. The van der Waals surface area contributed by atoms with Gasteiger partial charge in [-0.2, -0.15) is 0 Å². The van der Waals surface area contributed by atoms with Gasteiger partial charge in [0.05, 0.1) is 0 Å². The first-order valence-electron chi connectivity index (χ1n) is 7.88. The Labute approximate surface area is 167 Å². The molecule has 126 valence electrons. The van der Waals surface area contributed by atoms with Crippen LogP contribution in [0.1, 0.15) is 17.9 Å². The van der Waals surface area contributed by atoms with E-state index in [1.165, 1.54) is 0 Å². The molecule has 2 nitrogen and oxygen atoms in total. The first-order chi connectivity index (χ1) is 11.7. The molecule has 2 saturated carbocycles. The van der Waals surface area contributed by atoms with Crippen molar-refractivity contribution in [3.05, 3.63) is 110 Å². The summed E-state index contributed by atoms with van der Waals surface area (Å²) in [6, 6.07) is 7.67. The molecule has 1 heterocycles. The molecule has 1 aromatic rings. The van der Waals surface area contributed by atoms with Gasteiger partial charge in [-0.3, -0.25) is 4.79 Å². The first-order valence-corrected chi connectivity index (χ1v) is 8.26. The predicted molar refractivity (Wildman–Crippen MR) is 97.0 cm³/mol. The summed E-state index contributed by atoms with van der Waals surface area (Å²) in [6.07, 6.45) is 20.5. The molecule has 4 heteroatoms. The molecule has 0 saturated heterocycles. The van der Waals surface area contributed by atoms with Gasteiger partial charge in [0.1, 0.15) is 0 Å². The van der Waals surface area contributed by atoms with Crippen molar-refractivity contribution in [3.63, 3.8) is 0 Å². The third-order valence-corrected chi connectivity index (χ3v) is 4.13. The van der Waals surface area contributed by atoms with E-state index in [-0.39, 0.29) is 28.9 Å². The van der Waals surface area contributed by atoms with Crippen LogP contribution in [0.4, 0.5) is 0 Å². The van der Waals surface area contributed by atoms with Crippen molar-refractivity contribution in [2.75, 3.05) is 0 Å². The Morgan fingerprint density at radius 2 is 1.44 bits per heavy atom. The van der Waals surface area contributed by atoms with E-state index in [9.17, 15) is 4.79 Å². The Bertz CT molecular complexity index is 566. The Kier molecular flexibility index (Phi) is 8.55. The van der Waals surface area contributed by atoms with Gasteiger partial charge in [-0.05, 0) is 75.5 Å². The Balaban J connectivity index is 0.000000325. The van der Waals surface area contributed by atoms with Crippen molar-refractivity contribution >= 4 is 17.5 Å². The molecule has 4 rings (SSSR count). The largest absolute Gasteiger partial charge is 2.00 e. The Morgan fingerprint density at radius 1 is 0.880 bits per heavy atom. The molecular formula is C21H18ClFeNO+2. The summed E-state index contributed by atoms with van der Waals surface area (Å²) in [5, 5.41) is 3.64. The Morgan fingerprint density at radius 3 is 2.00 bits per heavy atom. The van der Waals surface area contributed by atoms with Crippen molar-refractivity contribution in [3.8, 4) is 0 Å². The molecular weight excluding hydrogens is 374 g/mol. The molecule has 3 aliphatic rings. The van der Waals surface area contributed by atoms with Gasteiger partial charge in [-0.1, -0.05) is 29.8 Å². The monoisotopic (exact) mass is 391 g/mol. The summed E-state index contributed by atoms with van der Waals surface area (Å²) in [7, 11) is 0. The number of nitrogens with one attached hydrogen (secondary N) is 1. The van der Waals surface area contributed by atoms with E-state index in [1.807, 2.05) is 82.1 Å². The minimum atomic E-state index is 0. The van der Waals surface area contributed by atoms with E-state index >= 15 is 0 Å². The number of carbonyl (C=O) groups excluding carboxylic acids is 1. The number of carbonyl (C=O) groups is 1. The fraction of sp³-hybridized carbons (Fsp3) is 0.0952. The second-order valence-corrected chi connectivity index (χ2v) is 6.06. The van der Waals surface area contributed by atoms with Gasteiger partial charge in [0.25, 0.3) is 0 Å². The molecule has 1 aliphatic heterocycles. The molecule has 0 aromatic heterocycles. The summed E-state index contributed by atoms with van der Waals surface area (Å²) in [5.41, 5.74) is 2.00. The molecule has 1 aromatic carbocycles. The van der Waals surface area contributed by atoms with Crippen LogP contribution in [0.25, 0.3) is 0 Å². The van der Waals surface area contributed by atoms with E-state index in [2.05, 4.69) is 11.4 Å². The number of allylic oxidation sites excluding steroid dienone is 2. The van der Waals surface area contributed by atoms with Crippen molar-refractivity contribution < 1.29 is 21.9 Å². The average molecular weight is 392 g/mol. The second kappa shape index (κ2) is 10.4. The van der Waals surface area contributed by atoms with E-state index in [1.54, 1.807) is 0 Å². The molecule has 0 spiro atoms. The van der Waals surface area contributed by atoms with Gasteiger partial charge in [-0.25, -0.2) is 0 Å². The van der Waals surface area contributed by atoms with Gasteiger partial charge in [0.2, 0.25) is 5.91 Å². The maximum Gasteiger partial charge on any atom is 2.00 e. The molecule has 2 aliphatic carbocycles. The number of halogens is 1. The van der Waals surface area contributed by atoms with Crippen LogP contribution in [0.5, 0.6) is 0 Å². The van der Waals surface area contributed by atoms with Crippen molar-refractivity contribution in [1.82, 2.24) is 5.32 Å².